The lowest BCUT2D eigenvalue weighted by molar-refractivity contribution is -0.117. The van der Waals surface area contributed by atoms with E-state index < -0.39 is 0 Å². The van der Waals surface area contributed by atoms with E-state index in [4.69, 9.17) is 4.74 Å². The van der Waals surface area contributed by atoms with Crippen LogP contribution in [0.2, 0.25) is 0 Å². The molecule has 1 aromatic rings. The smallest absolute Gasteiger partial charge is 0.238 e. The van der Waals surface area contributed by atoms with Crippen LogP contribution in [0.3, 0.4) is 0 Å². The lowest BCUT2D eigenvalue weighted by Crippen LogP contribution is -2.45. The molecule has 1 aliphatic rings. The van der Waals surface area contributed by atoms with Crippen molar-refractivity contribution in [2.24, 2.45) is 0 Å². The first-order valence-electron chi connectivity index (χ1n) is 7.43. The summed E-state index contributed by atoms with van der Waals surface area (Å²) in [6.07, 6.45) is 0.164. The third kappa shape index (κ3) is 4.81. The summed E-state index contributed by atoms with van der Waals surface area (Å²) in [5.74, 6) is 0.00923. The second kappa shape index (κ2) is 7.54. The maximum atomic E-state index is 12.1. The maximum Gasteiger partial charge on any atom is 0.238 e. The first kappa shape index (κ1) is 15.9. The molecule has 1 saturated heterocycles. The van der Waals surface area contributed by atoms with Gasteiger partial charge >= 0.3 is 0 Å². The van der Waals surface area contributed by atoms with Crippen LogP contribution in [0.4, 0.5) is 5.69 Å². The highest BCUT2D eigenvalue weighted by atomic mass is 16.5. The lowest BCUT2D eigenvalue weighted by Gasteiger charge is -2.27. The number of morpholine rings is 1. The van der Waals surface area contributed by atoms with E-state index in [0.717, 1.165) is 37.5 Å². The fourth-order valence-corrected chi connectivity index (χ4v) is 2.47. The van der Waals surface area contributed by atoms with Gasteiger partial charge in [0.15, 0.2) is 0 Å². The third-order valence-electron chi connectivity index (χ3n) is 3.81. The van der Waals surface area contributed by atoms with Crippen molar-refractivity contribution in [3.8, 4) is 0 Å². The van der Waals surface area contributed by atoms with Crippen LogP contribution < -0.4 is 10.6 Å². The van der Waals surface area contributed by atoms with Crippen molar-refractivity contribution in [3.63, 3.8) is 0 Å². The number of rotatable bonds is 5. The fourth-order valence-electron chi connectivity index (χ4n) is 2.47. The highest BCUT2D eigenvalue weighted by Crippen LogP contribution is 2.17. The number of likely N-dealkylation sites (N-methyl/N-ethyl adjacent to an activating group) is 1. The summed E-state index contributed by atoms with van der Waals surface area (Å²) in [7, 11) is 1.95. The summed E-state index contributed by atoms with van der Waals surface area (Å²) >= 11 is 0. The zero-order chi connectivity index (χ0) is 15.2. The number of nitrogens with one attached hydrogen (secondary N) is 2. The summed E-state index contributed by atoms with van der Waals surface area (Å²) in [5, 5.41) is 6.28. The molecule has 0 aliphatic carbocycles. The number of hydrogen-bond donors (Lipinski definition) is 2. The van der Waals surface area contributed by atoms with Gasteiger partial charge in [-0.2, -0.15) is 0 Å². The van der Waals surface area contributed by atoms with Crippen molar-refractivity contribution in [2.45, 2.75) is 20.0 Å². The fraction of sp³-hybridized carbons (Fsp3) is 0.562. The van der Waals surface area contributed by atoms with E-state index in [1.807, 2.05) is 44.0 Å². The van der Waals surface area contributed by atoms with Gasteiger partial charge in [0.2, 0.25) is 5.91 Å². The predicted molar refractivity (Wildman–Crippen MR) is 84.7 cm³/mol. The van der Waals surface area contributed by atoms with Gasteiger partial charge in [-0.25, -0.2) is 0 Å². The minimum Gasteiger partial charge on any atom is -0.374 e. The molecule has 1 aromatic carbocycles. The second-order valence-electron chi connectivity index (χ2n) is 5.69. The Labute approximate surface area is 126 Å². The standard InChI is InChI=1S/C16H25N3O2/c1-12-5-4-6-15(13(12)2)18-16(20)11-19(3)10-14-9-17-7-8-21-14/h4-6,14,17H,7-11H2,1-3H3,(H,18,20). The highest BCUT2D eigenvalue weighted by Gasteiger charge is 2.17. The number of carbonyl (C=O) groups excluding carboxylic acids is 1. The van der Waals surface area contributed by atoms with Gasteiger partial charge in [0.05, 0.1) is 19.3 Å². The number of aryl methyl sites for hydroxylation is 1. The van der Waals surface area contributed by atoms with Crippen LogP contribution in [0.1, 0.15) is 11.1 Å². The minimum absolute atomic E-state index is 0.00923. The number of ether oxygens (including phenoxy) is 1. The van der Waals surface area contributed by atoms with Gasteiger partial charge in [0.1, 0.15) is 0 Å². The van der Waals surface area contributed by atoms with E-state index in [1.54, 1.807) is 0 Å². The molecule has 1 unspecified atom stereocenters. The number of anilines is 1. The summed E-state index contributed by atoms with van der Waals surface area (Å²) < 4.78 is 5.65. The van der Waals surface area contributed by atoms with Gasteiger partial charge in [-0.1, -0.05) is 12.1 Å². The molecule has 0 spiro atoms. The van der Waals surface area contributed by atoms with Crippen molar-refractivity contribution in [3.05, 3.63) is 29.3 Å². The van der Waals surface area contributed by atoms with E-state index in [2.05, 4.69) is 10.6 Å². The van der Waals surface area contributed by atoms with E-state index in [1.165, 1.54) is 5.56 Å². The van der Waals surface area contributed by atoms with E-state index in [-0.39, 0.29) is 12.0 Å². The molecule has 0 bridgehead atoms. The van der Waals surface area contributed by atoms with Gasteiger partial charge in [-0.15, -0.1) is 0 Å². The van der Waals surface area contributed by atoms with E-state index in [9.17, 15) is 4.79 Å². The third-order valence-corrected chi connectivity index (χ3v) is 3.81. The largest absolute Gasteiger partial charge is 0.374 e. The SMILES string of the molecule is Cc1cccc(NC(=O)CN(C)CC2CNCCO2)c1C. The molecule has 0 aromatic heterocycles. The molecule has 2 N–H and O–H groups in total. The molecule has 2 rings (SSSR count). The molecule has 21 heavy (non-hydrogen) atoms. The molecule has 1 atom stereocenters. The number of carbonyl (C=O) groups is 1. The number of benzene rings is 1. The number of hydrogen-bond acceptors (Lipinski definition) is 4. The summed E-state index contributed by atoms with van der Waals surface area (Å²) in [5.41, 5.74) is 3.19. The molecule has 5 heteroatoms. The lowest BCUT2D eigenvalue weighted by atomic mass is 10.1. The first-order chi connectivity index (χ1) is 10.1. The zero-order valence-corrected chi connectivity index (χ0v) is 13.1. The molecule has 116 valence electrons. The van der Waals surface area contributed by atoms with Crippen molar-refractivity contribution in [1.29, 1.82) is 0 Å². The van der Waals surface area contributed by atoms with E-state index in [0.29, 0.717) is 6.54 Å². The van der Waals surface area contributed by atoms with Crippen molar-refractivity contribution < 1.29 is 9.53 Å². The molecular formula is C16H25N3O2. The van der Waals surface area contributed by atoms with Gasteiger partial charge in [0.25, 0.3) is 0 Å². The highest BCUT2D eigenvalue weighted by molar-refractivity contribution is 5.93. The van der Waals surface area contributed by atoms with Crippen LogP contribution in [0.25, 0.3) is 0 Å². The second-order valence-corrected chi connectivity index (χ2v) is 5.69. The Morgan fingerprint density at radius 2 is 2.29 bits per heavy atom. The van der Waals surface area contributed by atoms with Crippen LogP contribution in [0.5, 0.6) is 0 Å². The van der Waals surface area contributed by atoms with Crippen LogP contribution in [-0.2, 0) is 9.53 Å². The Balaban J connectivity index is 1.82. The summed E-state index contributed by atoms with van der Waals surface area (Å²) in [6.45, 7) is 7.70. The van der Waals surface area contributed by atoms with Crippen LogP contribution in [0, 0.1) is 13.8 Å². The number of amides is 1. The molecule has 1 amide bonds. The van der Waals surface area contributed by atoms with Crippen LogP contribution >= 0.6 is 0 Å². The maximum absolute atomic E-state index is 12.1. The Morgan fingerprint density at radius 1 is 1.48 bits per heavy atom. The normalized spacial score (nSPS) is 18.8. The van der Waals surface area contributed by atoms with Crippen molar-refractivity contribution in [1.82, 2.24) is 10.2 Å². The Morgan fingerprint density at radius 3 is 3.00 bits per heavy atom. The molecular weight excluding hydrogens is 266 g/mol. The van der Waals surface area contributed by atoms with Crippen molar-refractivity contribution in [2.75, 3.05) is 45.2 Å². The monoisotopic (exact) mass is 291 g/mol. The Bertz CT molecular complexity index is 484. The summed E-state index contributed by atoms with van der Waals surface area (Å²) in [6, 6.07) is 5.95. The topological polar surface area (TPSA) is 53.6 Å². The average molecular weight is 291 g/mol. The molecule has 1 fully saturated rings. The van der Waals surface area contributed by atoms with E-state index >= 15 is 0 Å². The predicted octanol–water partition coefficient (Wildman–Crippen LogP) is 1.16. The van der Waals surface area contributed by atoms with Crippen LogP contribution in [-0.4, -0.2) is 56.7 Å². The van der Waals surface area contributed by atoms with Gasteiger partial charge in [-0.05, 0) is 38.1 Å². The summed E-state index contributed by atoms with van der Waals surface area (Å²) in [4.78, 5) is 14.1. The zero-order valence-electron chi connectivity index (χ0n) is 13.1. The molecule has 0 saturated carbocycles. The quantitative estimate of drug-likeness (QED) is 0.855. The molecule has 5 nitrogen and oxygen atoms in total. The molecule has 0 radical (unpaired) electrons. The Kier molecular flexibility index (Phi) is 5.73. The van der Waals surface area contributed by atoms with Crippen LogP contribution in [0.15, 0.2) is 18.2 Å². The van der Waals surface area contributed by atoms with Gasteiger partial charge in [0, 0.05) is 25.3 Å². The van der Waals surface area contributed by atoms with Gasteiger partial charge in [-0.3, -0.25) is 9.69 Å². The van der Waals surface area contributed by atoms with Gasteiger partial charge < -0.3 is 15.4 Å². The minimum atomic E-state index is 0.00923. The average Bonchev–Trinajstić information content (AvgIpc) is 2.44. The van der Waals surface area contributed by atoms with Crippen molar-refractivity contribution >= 4 is 11.6 Å². The first-order valence-corrected chi connectivity index (χ1v) is 7.43. The Hall–Kier alpha value is -1.43. The molecule has 1 aliphatic heterocycles. The number of nitrogens with zero attached hydrogens (tertiary/aromatic N) is 1. The molecule has 1 heterocycles.